The van der Waals surface area contributed by atoms with Gasteiger partial charge in [0.1, 0.15) is 0 Å². The van der Waals surface area contributed by atoms with Crippen LogP contribution in [-0.4, -0.2) is 80.4 Å². The second kappa shape index (κ2) is 12.3. The lowest BCUT2D eigenvalue weighted by Gasteiger charge is -2.47. The molecular formula is C28H36F3N3O4. The summed E-state index contributed by atoms with van der Waals surface area (Å²) in [5, 5.41) is 9.91. The number of anilines is 1. The first kappa shape index (κ1) is 28.0. The molecule has 2 saturated heterocycles. The van der Waals surface area contributed by atoms with Crippen LogP contribution in [0, 0.1) is 5.92 Å². The Labute approximate surface area is 221 Å². The van der Waals surface area contributed by atoms with Gasteiger partial charge in [0.15, 0.2) is 11.5 Å². The van der Waals surface area contributed by atoms with Crippen molar-refractivity contribution in [1.29, 1.82) is 0 Å². The van der Waals surface area contributed by atoms with E-state index in [1.54, 1.807) is 12.1 Å². The largest absolute Gasteiger partial charge is 0.504 e. The molecule has 2 aliphatic rings. The summed E-state index contributed by atoms with van der Waals surface area (Å²) in [6.07, 6.45) is -2.36. The third kappa shape index (κ3) is 6.91. The van der Waals surface area contributed by atoms with Crippen molar-refractivity contribution in [2.45, 2.75) is 38.0 Å². The van der Waals surface area contributed by atoms with E-state index in [4.69, 9.17) is 9.47 Å². The Hall–Kier alpha value is -2.98. The van der Waals surface area contributed by atoms with Crippen molar-refractivity contribution in [2.24, 2.45) is 5.92 Å². The minimum absolute atomic E-state index is 0.107. The van der Waals surface area contributed by atoms with Gasteiger partial charge in [0, 0.05) is 57.4 Å². The number of halogens is 3. The van der Waals surface area contributed by atoms with Crippen LogP contribution in [0.2, 0.25) is 0 Å². The highest BCUT2D eigenvalue weighted by molar-refractivity contribution is 5.69. The second-order valence-electron chi connectivity index (χ2n) is 10.0. The van der Waals surface area contributed by atoms with Crippen LogP contribution in [0.25, 0.3) is 0 Å². The van der Waals surface area contributed by atoms with Crippen LogP contribution < -0.4 is 9.64 Å². The number of benzene rings is 2. The maximum absolute atomic E-state index is 13.2. The van der Waals surface area contributed by atoms with Crippen LogP contribution in [0.5, 0.6) is 11.5 Å². The minimum atomic E-state index is -4.36. The predicted molar refractivity (Wildman–Crippen MR) is 138 cm³/mol. The van der Waals surface area contributed by atoms with E-state index in [0.717, 1.165) is 44.2 Å². The molecule has 7 nitrogen and oxygen atoms in total. The van der Waals surface area contributed by atoms with Crippen molar-refractivity contribution < 1.29 is 32.5 Å². The summed E-state index contributed by atoms with van der Waals surface area (Å²) in [4.78, 5) is 18.8. The summed E-state index contributed by atoms with van der Waals surface area (Å²) >= 11 is 0. The fourth-order valence-corrected chi connectivity index (χ4v) is 5.68. The number of carbonyl (C=O) groups is 1. The predicted octanol–water partition coefficient (Wildman–Crippen LogP) is 4.39. The van der Waals surface area contributed by atoms with Gasteiger partial charge in [-0.15, -0.1) is 0 Å². The Morgan fingerprint density at radius 1 is 1.05 bits per heavy atom. The quantitative estimate of drug-likeness (QED) is 0.503. The van der Waals surface area contributed by atoms with Crippen LogP contribution in [0.1, 0.15) is 30.4 Å². The number of methoxy groups -OCH3 is 2. The Kier molecular flexibility index (Phi) is 9.04. The van der Waals surface area contributed by atoms with Gasteiger partial charge in [0.25, 0.3) is 0 Å². The van der Waals surface area contributed by atoms with Crippen molar-refractivity contribution in [3.05, 3.63) is 53.6 Å². The monoisotopic (exact) mass is 535 g/mol. The number of hydrogen-bond donors (Lipinski definition) is 1. The molecule has 38 heavy (non-hydrogen) atoms. The van der Waals surface area contributed by atoms with Crippen molar-refractivity contribution in [3.8, 4) is 11.5 Å². The third-order valence-electron chi connectivity index (χ3n) is 7.70. The zero-order chi connectivity index (χ0) is 27.3. The molecule has 2 atom stereocenters. The van der Waals surface area contributed by atoms with Gasteiger partial charge >= 0.3 is 12.1 Å². The average Bonchev–Trinajstić information content (AvgIpc) is 2.92. The lowest BCUT2D eigenvalue weighted by Crippen LogP contribution is -2.56. The molecule has 0 radical (unpaired) electrons. The first-order chi connectivity index (χ1) is 18.2. The van der Waals surface area contributed by atoms with E-state index in [0.29, 0.717) is 43.9 Å². The lowest BCUT2D eigenvalue weighted by molar-refractivity contribution is -0.141. The summed E-state index contributed by atoms with van der Waals surface area (Å²) in [6, 6.07) is 11.2. The van der Waals surface area contributed by atoms with Crippen LogP contribution in [0.3, 0.4) is 0 Å². The molecule has 208 valence electrons. The molecule has 2 aromatic carbocycles. The Bertz CT molecular complexity index is 1090. The molecular weight excluding hydrogens is 499 g/mol. The fourth-order valence-electron chi connectivity index (χ4n) is 5.68. The Morgan fingerprint density at radius 3 is 2.50 bits per heavy atom. The van der Waals surface area contributed by atoms with E-state index in [-0.39, 0.29) is 23.7 Å². The number of phenols is 1. The number of esters is 1. The molecule has 10 heteroatoms. The van der Waals surface area contributed by atoms with Gasteiger partial charge < -0.3 is 19.5 Å². The molecule has 2 aromatic rings. The van der Waals surface area contributed by atoms with Gasteiger partial charge in [-0.05, 0) is 61.2 Å². The highest BCUT2D eigenvalue weighted by Gasteiger charge is 2.36. The normalized spacial score (nSPS) is 21.3. The number of aromatic hydroxyl groups is 1. The van der Waals surface area contributed by atoms with Crippen molar-refractivity contribution in [1.82, 2.24) is 9.80 Å². The number of piperidine rings is 1. The average molecular weight is 536 g/mol. The Balaban J connectivity index is 1.40. The molecule has 0 aromatic heterocycles. The number of hydrogen-bond acceptors (Lipinski definition) is 7. The van der Waals surface area contributed by atoms with Gasteiger partial charge in [-0.2, -0.15) is 13.2 Å². The fraction of sp³-hybridized carbons (Fsp3) is 0.536. The van der Waals surface area contributed by atoms with Crippen LogP contribution in [0.4, 0.5) is 18.9 Å². The SMILES string of the molecule is COC(=O)CC[C@@H]1CN(Cc2ccc(O)c(OC)c2)CC[C@@H]1N1CCN(c2cccc(C(F)(F)F)c2)CC1. The molecule has 1 N–H and O–H groups in total. The van der Waals surface area contributed by atoms with Crippen molar-refractivity contribution in [3.63, 3.8) is 0 Å². The van der Waals surface area contributed by atoms with Crippen molar-refractivity contribution >= 4 is 11.7 Å². The summed E-state index contributed by atoms with van der Waals surface area (Å²) in [5.41, 5.74) is 1.01. The zero-order valence-electron chi connectivity index (χ0n) is 21.9. The molecule has 2 fully saturated rings. The molecule has 2 aliphatic heterocycles. The van der Waals surface area contributed by atoms with E-state index in [1.165, 1.54) is 26.4 Å². The maximum atomic E-state index is 13.2. The molecule has 0 amide bonds. The lowest BCUT2D eigenvalue weighted by atomic mass is 9.86. The summed E-state index contributed by atoms with van der Waals surface area (Å²) < 4.78 is 49.7. The zero-order valence-corrected chi connectivity index (χ0v) is 21.9. The van der Waals surface area contributed by atoms with Crippen LogP contribution in [0.15, 0.2) is 42.5 Å². The third-order valence-corrected chi connectivity index (χ3v) is 7.70. The summed E-state index contributed by atoms with van der Waals surface area (Å²) in [5.74, 6) is 0.578. The number of piperazine rings is 1. The minimum Gasteiger partial charge on any atom is -0.504 e. The van der Waals surface area contributed by atoms with Gasteiger partial charge in [-0.25, -0.2) is 0 Å². The van der Waals surface area contributed by atoms with Gasteiger partial charge in [0.05, 0.1) is 19.8 Å². The summed E-state index contributed by atoms with van der Waals surface area (Å²) in [7, 11) is 2.93. The van der Waals surface area contributed by atoms with Crippen molar-refractivity contribution in [2.75, 3.05) is 58.4 Å². The molecule has 0 aliphatic carbocycles. The number of nitrogens with zero attached hydrogens (tertiary/aromatic N) is 3. The van der Waals surface area contributed by atoms with Gasteiger partial charge in [-0.3, -0.25) is 14.6 Å². The first-order valence-electron chi connectivity index (χ1n) is 13.0. The van der Waals surface area contributed by atoms with E-state index in [1.807, 2.05) is 17.0 Å². The van der Waals surface area contributed by atoms with E-state index in [2.05, 4.69) is 9.80 Å². The van der Waals surface area contributed by atoms with E-state index < -0.39 is 11.7 Å². The van der Waals surface area contributed by atoms with Crippen LogP contribution >= 0.6 is 0 Å². The number of alkyl halides is 3. The topological polar surface area (TPSA) is 65.5 Å². The second-order valence-corrected chi connectivity index (χ2v) is 10.0. The number of likely N-dealkylation sites (tertiary alicyclic amines) is 1. The Morgan fingerprint density at radius 2 is 1.82 bits per heavy atom. The van der Waals surface area contributed by atoms with E-state index >= 15 is 0 Å². The van der Waals surface area contributed by atoms with E-state index in [9.17, 15) is 23.1 Å². The van der Waals surface area contributed by atoms with Gasteiger partial charge in [0.2, 0.25) is 0 Å². The number of phenolic OH excluding ortho intramolecular Hbond substituents is 1. The number of carbonyl (C=O) groups excluding carboxylic acids is 1. The first-order valence-corrected chi connectivity index (χ1v) is 13.0. The molecule has 0 unspecified atom stereocenters. The molecule has 0 saturated carbocycles. The number of ether oxygens (including phenoxy) is 2. The van der Waals surface area contributed by atoms with Gasteiger partial charge in [-0.1, -0.05) is 12.1 Å². The molecule has 0 bridgehead atoms. The van der Waals surface area contributed by atoms with Crippen LogP contribution in [-0.2, 0) is 22.3 Å². The molecule has 2 heterocycles. The molecule has 4 rings (SSSR count). The highest BCUT2D eigenvalue weighted by atomic mass is 19.4. The number of rotatable bonds is 8. The summed E-state index contributed by atoms with van der Waals surface area (Å²) in [6.45, 7) is 5.23. The smallest absolute Gasteiger partial charge is 0.416 e. The molecule has 0 spiro atoms. The maximum Gasteiger partial charge on any atom is 0.416 e. The highest BCUT2D eigenvalue weighted by Crippen LogP contribution is 2.33. The standard InChI is InChI=1S/C28H36F3N3O4/c1-37-26-16-20(6-8-25(26)35)18-32-11-10-24(21(19-32)7-9-27(36)38-2)34-14-12-33(13-15-34)23-5-3-4-22(17-23)28(29,30)31/h3-6,8,16-17,21,24,35H,7,9-15,18-19H2,1-2H3/t21-,24+/m1/s1.